The van der Waals surface area contributed by atoms with Gasteiger partial charge in [0.1, 0.15) is 5.78 Å². The smallest absolute Gasteiger partial charge is 0.237 e. The number of likely N-dealkylation sites (N-methyl/N-ethyl adjacent to an activating group) is 1. The fourth-order valence-electron chi connectivity index (χ4n) is 3.98. The lowest BCUT2D eigenvalue weighted by molar-refractivity contribution is -0.124. The predicted octanol–water partition coefficient (Wildman–Crippen LogP) is 6.62. The molecule has 254 valence electrons. The van der Waals surface area contributed by atoms with Gasteiger partial charge in [-0.15, -0.1) is 6.58 Å². The first-order valence-electron chi connectivity index (χ1n) is 16.4. The highest BCUT2D eigenvalue weighted by atomic mass is 16.2. The Bertz CT molecular complexity index is 898. The first-order valence-corrected chi connectivity index (χ1v) is 16.4. The molecule has 1 aromatic rings. The Morgan fingerprint density at radius 2 is 1.61 bits per heavy atom. The topological polar surface area (TPSA) is 112 Å². The number of carbonyl (C=O) groups excluding carboxylic acids is 2. The molecule has 1 rings (SSSR count). The molecule has 0 aliphatic heterocycles. The number of benzene rings is 1. The van der Waals surface area contributed by atoms with Gasteiger partial charge in [-0.05, 0) is 69.2 Å². The van der Waals surface area contributed by atoms with Gasteiger partial charge in [0.25, 0.3) is 0 Å². The first-order chi connectivity index (χ1) is 20.9. The van der Waals surface area contributed by atoms with Crippen LogP contribution in [0.25, 0.3) is 0 Å². The highest BCUT2D eigenvalue weighted by Crippen LogP contribution is 2.14. The average molecular weight is 617 g/mol. The van der Waals surface area contributed by atoms with E-state index in [1.165, 1.54) is 5.56 Å². The number of carbonyl (C=O) groups is 2. The molecular formula is C36H68N6O2. The summed E-state index contributed by atoms with van der Waals surface area (Å²) in [5.74, 6) is 1.01. The Labute approximate surface area is 271 Å². The van der Waals surface area contributed by atoms with Crippen molar-refractivity contribution in [2.45, 2.75) is 106 Å². The third kappa shape index (κ3) is 24.2. The third-order valence-corrected chi connectivity index (χ3v) is 6.54. The second kappa shape index (κ2) is 29.8. The summed E-state index contributed by atoms with van der Waals surface area (Å²) in [6.07, 6.45) is 7.01. The van der Waals surface area contributed by atoms with Crippen LogP contribution in [0.1, 0.15) is 93.1 Å². The SMILES string of the molecule is C=C(CCc1ccc(NC)cc1)N(C)CCCC(C)=O.C=CC(CCCNC(=C)N)NC(=O)C(NCC)C(C)C.CC.CC. The van der Waals surface area contributed by atoms with Crippen LogP contribution < -0.4 is 27.0 Å². The molecule has 1 amide bonds. The van der Waals surface area contributed by atoms with Crippen LogP contribution in [0, 0.1) is 5.92 Å². The number of Topliss-reactive ketones (excluding diaryl/α,β-unsaturated/α-hetero) is 1. The molecule has 8 heteroatoms. The molecule has 2 unspecified atom stereocenters. The van der Waals surface area contributed by atoms with E-state index in [1.807, 2.05) is 62.6 Å². The van der Waals surface area contributed by atoms with Gasteiger partial charge in [-0.1, -0.05) is 79.8 Å². The maximum absolute atomic E-state index is 12.2. The van der Waals surface area contributed by atoms with Crippen LogP contribution in [0.5, 0.6) is 0 Å². The summed E-state index contributed by atoms with van der Waals surface area (Å²) in [6.45, 7) is 29.6. The van der Waals surface area contributed by atoms with E-state index in [0.29, 0.717) is 12.2 Å². The number of hydrogen-bond acceptors (Lipinski definition) is 7. The van der Waals surface area contributed by atoms with E-state index in [-0.39, 0.29) is 29.7 Å². The Hall–Kier alpha value is -3.26. The molecule has 0 radical (unpaired) electrons. The maximum Gasteiger partial charge on any atom is 0.237 e. The summed E-state index contributed by atoms with van der Waals surface area (Å²) >= 11 is 0. The number of rotatable bonds is 20. The lowest BCUT2D eigenvalue weighted by Crippen LogP contribution is -2.50. The highest BCUT2D eigenvalue weighted by Gasteiger charge is 2.22. The molecule has 0 bridgehead atoms. The molecule has 44 heavy (non-hydrogen) atoms. The van der Waals surface area contributed by atoms with Crippen LogP contribution in [-0.2, 0) is 16.0 Å². The summed E-state index contributed by atoms with van der Waals surface area (Å²) < 4.78 is 0. The summed E-state index contributed by atoms with van der Waals surface area (Å²) in [5, 5.41) is 12.3. The minimum atomic E-state index is -0.163. The standard InChI is InChI=1S/C17H26N2O.C15H30N4O.2C2H6/c1-14(19(4)13-5-6-15(2)20)7-8-16-9-11-17(18-3)12-10-16;1-6-13(9-8-10-18-12(5)16)19-15(20)14(11(3)4)17-7-2;2*1-2/h9-12,18H,1,5-8,13H2,2-4H3;6,11,13-14,17-18H,1,5,7-10,16H2,2-4H3,(H,19,20);2*1-2H3. The zero-order valence-corrected chi connectivity index (χ0v) is 29.9. The van der Waals surface area contributed by atoms with Crippen molar-refractivity contribution >= 4 is 17.4 Å². The van der Waals surface area contributed by atoms with Crippen molar-refractivity contribution in [1.82, 2.24) is 20.9 Å². The second-order valence-corrected chi connectivity index (χ2v) is 10.5. The number of anilines is 1. The quantitative estimate of drug-likeness (QED) is 0.0827. The zero-order chi connectivity index (χ0) is 34.5. The Kier molecular flexibility index (Phi) is 30.6. The van der Waals surface area contributed by atoms with Gasteiger partial charge in [0, 0.05) is 51.0 Å². The largest absolute Gasteiger partial charge is 0.388 e. The van der Waals surface area contributed by atoms with Crippen LogP contribution in [0.4, 0.5) is 5.69 Å². The van der Waals surface area contributed by atoms with E-state index < -0.39 is 0 Å². The maximum atomic E-state index is 12.2. The average Bonchev–Trinajstić information content (AvgIpc) is 3.01. The van der Waals surface area contributed by atoms with Gasteiger partial charge < -0.3 is 36.7 Å². The fraction of sp³-hybridized carbons (Fsp3) is 0.611. The molecular weight excluding hydrogens is 548 g/mol. The predicted molar refractivity (Wildman–Crippen MR) is 194 cm³/mol. The van der Waals surface area contributed by atoms with E-state index in [1.54, 1.807) is 13.0 Å². The van der Waals surface area contributed by atoms with Crippen LogP contribution in [0.15, 0.2) is 61.6 Å². The molecule has 0 saturated heterocycles. The zero-order valence-electron chi connectivity index (χ0n) is 29.9. The summed E-state index contributed by atoms with van der Waals surface area (Å²) in [4.78, 5) is 25.3. The lowest BCUT2D eigenvalue weighted by Gasteiger charge is -2.24. The Morgan fingerprint density at radius 1 is 1.02 bits per heavy atom. The van der Waals surface area contributed by atoms with Gasteiger partial charge in [0.15, 0.2) is 0 Å². The van der Waals surface area contributed by atoms with Crippen LogP contribution in [0.2, 0.25) is 0 Å². The minimum Gasteiger partial charge on any atom is -0.388 e. The van der Waals surface area contributed by atoms with Crippen molar-refractivity contribution in [2.75, 3.05) is 39.0 Å². The van der Waals surface area contributed by atoms with Crippen molar-refractivity contribution in [2.24, 2.45) is 11.7 Å². The van der Waals surface area contributed by atoms with E-state index in [2.05, 4.69) is 70.2 Å². The van der Waals surface area contributed by atoms with Crippen molar-refractivity contribution in [1.29, 1.82) is 0 Å². The molecule has 0 aromatic heterocycles. The number of ketones is 1. The number of amides is 1. The first kappa shape index (κ1) is 45.2. The van der Waals surface area contributed by atoms with E-state index in [4.69, 9.17) is 5.73 Å². The number of nitrogens with two attached hydrogens (primary N) is 1. The monoisotopic (exact) mass is 617 g/mol. The number of nitrogens with zero attached hydrogens (tertiary/aromatic N) is 1. The molecule has 0 aliphatic rings. The van der Waals surface area contributed by atoms with Crippen LogP contribution in [0.3, 0.4) is 0 Å². The van der Waals surface area contributed by atoms with Gasteiger partial charge in [0.05, 0.1) is 11.9 Å². The van der Waals surface area contributed by atoms with Gasteiger partial charge in [-0.3, -0.25) is 4.79 Å². The summed E-state index contributed by atoms with van der Waals surface area (Å²) in [6, 6.07) is 8.30. The van der Waals surface area contributed by atoms with Crippen LogP contribution >= 0.6 is 0 Å². The number of allylic oxidation sites excluding steroid dienone is 1. The Balaban J connectivity index is -0.000000686. The molecule has 2 atom stereocenters. The van der Waals surface area contributed by atoms with E-state index in [0.717, 1.165) is 63.1 Å². The minimum absolute atomic E-state index is 0.0183. The molecule has 1 aromatic carbocycles. The van der Waals surface area contributed by atoms with Crippen LogP contribution in [-0.4, -0.2) is 62.4 Å². The van der Waals surface area contributed by atoms with E-state index >= 15 is 0 Å². The normalized spacial score (nSPS) is 11.1. The summed E-state index contributed by atoms with van der Waals surface area (Å²) in [5.41, 5.74) is 9.01. The number of aryl methyl sites for hydroxylation is 1. The summed E-state index contributed by atoms with van der Waals surface area (Å²) in [7, 11) is 3.97. The van der Waals surface area contributed by atoms with Crippen molar-refractivity contribution in [3.63, 3.8) is 0 Å². The van der Waals surface area contributed by atoms with Gasteiger partial charge in [-0.25, -0.2) is 0 Å². The Morgan fingerprint density at radius 3 is 2.07 bits per heavy atom. The number of hydrogen-bond donors (Lipinski definition) is 5. The molecule has 0 heterocycles. The third-order valence-electron chi connectivity index (χ3n) is 6.54. The van der Waals surface area contributed by atoms with Gasteiger partial charge in [0.2, 0.25) is 5.91 Å². The van der Waals surface area contributed by atoms with Gasteiger partial charge in [-0.2, -0.15) is 0 Å². The molecule has 0 saturated carbocycles. The van der Waals surface area contributed by atoms with Crippen molar-refractivity contribution < 1.29 is 9.59 Å². The second-order valence-electron chi connectivity index (χ2n) is 10.5. The number of nitrogens with one attached hydrogen (secondary N) is 4. The lowest BCUT2D eigenvalue weighted by atomic mass is 10.0. The highest BCUT2D eigenvalue weighted by molar-refractivity contribution is 5.82. The molecule has 0 spiro atoms. The fourth-order valence-corrected chi connectivity index (χ4v) is 3.98. The molecule has 0 fully saturated rings. The van der Waals surface area contributed by atoms with E-state index in [9.17, 15) is 9.59 Å². The van der Waals surface area contributed by atoms with Crippen molar-refractivity contribution in [3.05, 3.63) is 67.2 Å². The van der Waals surface area contributed by atoms with Crippen molar-refractivity contribution in [3.8, 4) is 0 Å². The van der Waals surface area contributed by atoms with Gasteiger partial charge >= 0.3 is 0 Å². The molecule has 6 N–H and O–H groups in total. The molecule has 0 aliphatic carbocycles. The molecule has 8 nitrogen and oxygen atoms in total.